The molecule has 1 N–H and O–H groups in total. The summed E-state index contributed by atoms with van der Waals surface area (Å²) in [4.78, 5) is 10.8. The molecule has 0 aromatic heterocycles. The highest BCUT2D eigenvalue weighted by molar-refractivity contribution is 5.84. The largest absolute Gasteiger partial charge is 0.453 e. The first-order chi connectivity index (χ1) is 7.11. The van der Waals surface area contributed by atoms with Crippen molar-refractivity contribution >= 4 is 11.8 Å². The molecule has 0 unspecified atom stereocenters. The molecule has 0 aliphatic heterocycles. The summed E-state index contributed by atoms with van der Waals surface area (Å²) < 4.78 is 32.0. The first-order valence-corrected chi connectivity index (χ1v) is 4.01. The summed E-state index contributed by atoms with van der Waals surface area (Å²) in [6.07, 6.45) is -0.627. The van der Waals surface area contributed by atoms with Gasteiger partial charge in [0.1, 0.15) is 5.75 Å². The van der Waals surface area contributed by atoms with E-state index in [1.807, 2.05) is 0 Å². The highest BCUT2D eigenvalue weighted by Gasteiger charge is 2.04. The fraction of sp³-hybridized carbons (Fsp3) is 0.222. The quantitative estimate of drug-likeness (QED) is 0.845. The van der Waals surface area contributed by atoms with Crippen LogP contribution < -0.4 is 10.1 Å². The summed E-state index contributed by atoms with van der Waals surface area (Å²) in [6, 6.07) is 5.48. The third-order valence-corrected chi connectivity index (χ3v) is 1.51. The first kappa shape index (κ1) is 11.2. The summed E-state index contributed by atoms with van der Waals surface area (Å²) in [7, 11) is 1.23. The SMILES string of the molecule is COC(=O)Nc1ccc(OC(F)F)cc1. The van der Waals surface area contributed by atoms with Gasteiger partial charge in [-0.3, -0.25) is 5.32 Å². The molecular weight excluding hydrogens is 208 g/mol. The van der Waals surface area contributed by atoms with Gasteiger partial charge in [0.05, 0.1) is 7.11 Å². The smallest absolute Gasteiger partial charge is 0.411 e. The molecule has 0 heterocycles. The van der Waals surface area contributed by atoms with Gasteiger partial charge in [0, 0.05) is 5.69 Å². The van der Waals surface area contributed by atoms with Crippen LogP contribution in [0.1, 0.15) is 0 Å². The van der Waals surface area contributed by atoms with Crippen LogP contribution >= 0.6 is 0 Å². The Morgan fingerprint density at radius 3 is 2.40 bits per heavy atom. The molecule has 0 atom stereocenters. The normalized spacial score (nSPS) is 9.87. The fourth-order valence-corrected chi connectivity index (χ4v) is 0.889. The fourth-order valence-electron chi connectivity index (χ4n) is 0.889. The number of methoxy groups -OCH3 is 1. The van der Waals surface area contributed by atoms with Crippen molar-refractivity contribution in [3.63, 3.8) is 0 Å². The lowest BCUT2D eigenvalue weighted by Gasteiger charge is -2.06. The molecule has 0 saturated heterocycles. The van der Waals surface area contributed by atoms with E-state index in [4.69, 9.17) is 0 Å². The van der Waals surface area contributed by atoms with E-state index in [0.29, 0.717) is 5.69 Å². The van der Waals surface area contributed by atoms with Crippen molar-refractivity contribution in [2.75, 3.05) is 12.4 Å². The molecule has 0 bridgehead atoms. The number of carbonyl (C=O) groups is 1. The number of hydrogen-bond donors (Lipinski definition) is 1. The van der Waals surface area contributed by atoms with Crippen LogP contribution in [0, 0.1) is 0 Å². The lowest BCUT2D eigenvalue weighted by atomic mass is 10.3. The molecule has 0 saturated carbocycles. The Morgan fingerprint density at radius 1 is 1.33 bits per heavy atom. The second kappa shape index (κ2) is 5.14. The molecule has 0 fully saturated rings. The Kier molecular flexibility index (Phi) is 3.84. The number of amides is 1. The maximum absolute atomic E-state index is 11.8. The minimum absolute atomic E-state index is 0.0282. The Balaban J connectivity index is 2.60. The number of alkyl halides is 2. The van der Waals surface area contributed by atoms with Gasteiger partial charge in [0.25, 0.3) is 0 Å². The number of rotatable bonds is 3. The van der Waals surface area contributed by atoms with Gasteiger partial charge in [-0.15, -0.1) is 0 Å². The first-order valence-electron chi connectivity index (χ1n) is 4.01. The van der Waals surface area contributed by atoms with E-state index in [0.717, 1.165) is 0 Å². The average Bonchev–Trinajstić information content (AvgIpc) is 2.20. The molecule has 1 rings (SSSR count). The second-order valence-corrected chi connectivity index (χ2v) is 2.52. The highest BCUT2D eigenvalue weighted by atomic mass is 19.3. The third-order valence-electron chi connectivity index (χ3n) is 1.51. The Bertz CT molecular complexity index is 327. The van der Waals surface area contributed by atoms with E-state index in [2.05, 4.69) is 14.8 Å². The van der Waals surface area contributed by atoms with Crippen molar-refractivity contribution in [2.45, 2.75) is 6.61 Å². The summed E-state index contributed by atoms with van der Waals surface area (Å²) in [6.45, 7) is -2.86. The van der Waals surface area contributed by atoms with Crippen LogP contribution in [0.2, 0.25) is 0 Å². The van der Waals surface area contributed by atoms with Crippen molar-refractivity contribution < 1.29 is 23.0 Å². The summed E-state index contributed by atoms with van der Waals surface area (Å²) in [5, 5.41) is 2.37. The monoisotopic (exact) mass is 217 g/mol. The number of hydrogen-bond acceptors (Lipinski definition) is 3. The predicted molar refractivity (Wildman–Crippen MR) is 49.1 cm³/mol. The Morgan fingerprint density at radius 2 is 1.93 bits per heavy atom. The Labute approximate surface area is 84.8 Å². The van der Waals surface area contributed by atoms with Crippen molar-refractivity contribution in [2.24, 2.45) is 0 Å². The topological polar surface area (TPSA) is 47.6 Å². The van der Waals surface area contributed by atoms with Crippen LogP contribution in [0.5, 0.6) is 5.75 Å². The van der Waals surface area contributed by atoms with Crippen molar-refractivity contribution in [1.82, 2.24) is 0 Å². The molecule has 1 aromatic rings. The molecule has 15 heavy (non-hydrogen) atoms. The maximum Gasteiger partial charge on any atom is 0.411 e. The van der Waals surface area contributed by atoms with Crippen molar-refractivity contribution in [3.8, 4) is 5.75 Å². The van der Waals surface area contributed by atoms with Crippen LogP contribution in [-0.2, 0) is 4.74 Å². The summed E-state index contributed by atoms with van der Waals surface area (Å²) >= 11 is 0. The molecule has 1 amide bonds. The van der Waals surface area contributed by atoms with Gasteiger partial charge in [0.15, 0.2) is 0 Å². The number of benzene rings is 1. The maximum atomic E-state index is 11.8. The molecule has 82 valence electrons. The van der Waals surface area contributed by atoms with E-state index in [-0.39, 0.29) is 5.75 Å². The number of carbonyl (C=O) groups excluding carboxylic acids is 1. The highest BCUT2D eigenvalue weighted by Crippen LogP contribution is 2.17. The van der Waals surface area contributed by atoms with Gasteiger partial charge in [-0.25, -0.2) is 4.79 Å². The van der Waals surface area contributed by atoms with Crippen LogP contribution in [-0.4, -0.2) is 19.8 Å². The van der Waals surface area contributed by atoms with Crippen LogP contribution in [0.4, 0.5) is 19.3 Å². The lowest BCUT2D eigenvalue weighted by Crippen LogP contribution is -2.10. The molecule has 6 heteroatoms. The van der Waals surface area contributed by atoms with Crippen LogP contribution in [0.3, 0.4) is 0 Å². The standard InChI is InChI=1S/C9H9F2NO3/c1-14-9(13)12-6-2-4-7(5-3-6)15-8(10)11/h2-5,8H,1H3,(H,12,13). The molecule has 0 radical (unpaired) electrons. The number of nitrogens with one attached hydrogen (secondary N) is 1. The van der Waals surface area contributed by atoms with Gasteiger partial charge < -0.3 is 9.47 Å². The zero-order chi connectivity index (χ0) is 11.3. The van der Waals surface area contributed by atoms with Gasteiger partial charge in [-0.2, -0.15) is 8.78 Å². The minimum atomic E-state index is -2.86. The van der Waals surface area contributed by atoms with Gasteiger partial charge >= 0.3 is 12.7 Å². The number of halogens is 2. The third kappa shape index (κ3) is 3.80. The zero-order valence-corrected chi connectivity index (χ0v) is 7.87. The van der Waals surface area contributed by atoms with E-state index in [1.54, 1.807) is 0 Å². The number of anilines is 1. The molecule has 0 aliphatic rings. The molecular formula is C9H9F2NO3. The lowest BCUT2D eigenvalue weighted by molar-refractivity contribution is -0.0498. The Hall–Kier alpha value is -1.85. The second-order valence-electron chi connectivity index (χ2n) is 2.52. The van der Waals surface area contributed by atoms with E-state index in [1.165, 1.54) is 31.4 Å². The summed E-state index contributed by atoms with van der Waals surface area (Å²) in [5.74, 6) is 0.0282. The van der Waals surface area contributed by atoms with Gasteiger partial charge in [-0.05, 0) is 24.3 Å². The van der Waals surface area contributed by atoms with Crippen molar-refractivity contribution in [3.05, 3.63) is 24.3 Å². The molecule has 1 aromatic carbocycles. The van der Waals surface area contributed by atoms with Gasteiger partial charge in [-0.1, -0.05) is 0 Å². The van der Waals surface area contributed by atoms with E-state index < -0.39 is 12.7 Å². The molecule has 0 aliphatic carbocycles. The molecule has 4 nitrogen and oxygen atoms in total. The van der Waals surface area contributed by atoms with Crippen LogP contribution in [0.15, 0.2) is 24.3 Å². The zero-order valence-electron chi connectivity index (χ0n) is 7.87. The van der Waals surface area contributed by atoms with Crippen LogP contribution in [0.25, 0.3) is 0 Å². The summed E-state index contributed by atoms with van der Waals surface area (Å²) in [5.41, 5.74) is 0.434. The predicted octanol–water partition coefficient (Wildman–Crippen LogP) is 2.47. The van der Waals surface area contributed by atoms with Gasteiger partial charge in [0.2, 0.25) is 0 Å². The number of ether oxygens (including phenoxy) is 2. The van der Waals surface area contributed by atoms with E-state index in [9.17, 15) is 13.6 Å². The average molecular weight is 217 g/mol. The van der Waals surface area contributed by atoms with Crippen molar-refractivity contribution in [1.29, 1.82) is 0 Å². The van der Waals surface area contributed by atoms with E-state index >= 15 is 0 Å². The minimum Gasteiger partial charge on any atom is -0.453 e. The molecule has 0 spiro atoms.